The van der Waals surface area contributed by atoms with Gasteiger partial charge in [-0.15, -0.1) is 0 Å². The van der Waals surface area contributed by atoms with Crippen LogP contribution in [-0.2, 0) is 6.42 Å². The monoisotopic (exact) mass is 421 g/mol. The van der Waals surface area contributed by atoms with Gasteiger partial charge in [0.25, 0.3) is 0 Å². The van der Waals surface area contributed by atoms with Crippen molar-refractivity contribution in [3.05, 3.63) is 113 Å². The van der Waals surface area contributed by atoms with Gasteiger partial charge in [-0.3, -0.25) is 0 Å². The Hall–Kier alpha value is -3.36. The summed E-state index contributed by atoms with van der Waals surface area (Å²) in [5, 5.41) is 9.14. The molecule has 0 aliphatic carbocycles. The van der Waals surface area contributed by atoms with E-state index in [0.29, 0.717) is 6.42 Å². The molecule has 2 heteroatoms. The lowest BCUT2D eigenvalue weighted by molar-refractivity contribution is 0.299. The standard InChI is InChI=1S/C30H31NO/c1-21-5-13-29(19-23(21)3)31(30-14-6-22(2)24(4)20-30)28-15-11-27(12-16-28)26-9-7-25(8-10-26)17-18-32/h5-16,19-20,32H,17-18H2,1-4H3. The molecule has 4 aromatic rings. The zero-order chi connectivity index (χ0) is 22.7. The van der Waals surface area contributed by atoms with Crippen LogP contribution in [0, 0.1) is 27.7 Å². The molecule has 0 saturated heterocycles. The zero-order valence-corrected chi connectivity index (χ0v) is 19.4. The van der Waals surface area contributed by atoms with E-state index in [0.717, 1.165) is 22.6 Å². The van der Waals surface area contributed by atoms with Crippen molar-refractivity contribution in [1.82, 2.24) is 0 Å². The van der Waals surface area contributed by atoms with E-state index in [2.05, 4.69) is 118 Å². The van der Waals surface area contributed by atoms with E-state index in [-0.39, 0.29) is 6.61 Å². The molecule has 0 aliphatic rings. The molecule has 0 radical (unpaired) electrons. The molecule has 0 spiro atoms. The van der Waals surface area contributed by atoms with Crippen molar-refractivity contribution in [2.45, 2.75) is 34.1 Å². The van der Waals surface area contributed by atoms with Crippen LogP contribution in [0.5, 0.6) is 0 Å². The van der Waals surface area contributed by atoms with Crippen LogP contribution < -0.4 is 4.90 Å². The van der Waals surface area contributed by atoms with E-state index < -0.39 is 0 Å². The van der Waals surface area contributed by atoms with Crippen molar-refractivity contribution < 1.29 is 5.11 Å². The summed E-state index contributed by atoms with van der Waals surface area (Å²) in [6.45, 7) is 8.82. The highest BCUT2D eigenvalue weighted by molar-refractivity contribution is 5.79. The first-order chi connectivity index (χ1) is 15.5. The molecule has 0 atom stereocenters. The van der Waals surface area contributed by atoms with Gasteiger partial charge in [-0.1, -0.05) is 48.5 Å². The van der Waals surface area contributed by atoms with Gasteiger partial charge in [-0.05, 0) is 109 Å². The summed E-state index contributed by atoms with van der Waals surface area (Å²) in [7, 11) is 0. The van der Waals surface area contributed by atoms with Crippen molar-refractivity contribution in [3.63, 3.8) is 0 Å². The van der Waals surface area contributed by atoms with Crippen molar-refractivity contribution in [1.29, 1.82) is 0 Å². The number of anilines is 3. The first-order valence-electron chi connectivity index (χ1n) is 11.2. The van der Waals surface area contributed by atoms with Gasteiger partial charge in [0.1, 0.15) is 0 Å². The highest BCUT2D eigenvalue weighted by Crippen LogP contribution is 2.37. The summed E-state index contributed by atoms with van der Waals surface area (Å²) in [6.07, 6.45) is 0.695. The lowest BCUT2D eigenvalue weighted by Gasteiger charge is -2.27. The normalized spacial score (nSPS) is 10.9. The number of hydrogen-bond acceptors (Lipinski definition) is 2. The highest BCUT2D eigenvalue weighted by atomic mass is 16.2. The minimum absolute atomic E-state index is 0.181. The second-order valence-electron chi connectivity index (χ2n) is 8.59. The summed E-state index contributed by atoms with van der Waals surface area (Å²) in [5.74, 6) is 0. The third kappa shape index (κ3) is 4.61. The first-order valence-corrected chi connectivity index (χ1v) is 11.2. The quantitative estimate of drug-likeness (QED) is 0.347. The van der Waals surface area contributed by atoms with Crippen molar-refractivity contribution in [2.75, 3.05) is 11.5 Å². The molecule has 0 heterocycles. The van der Waals surface area contributed by atoms with Gasteiger partial charge in [0.15, 0.2) is 0 Å². The van der Waals surface area contributed by atoms with Gasteiger partial charge in [-0.2, -0.15) is 0 Å². The van der Waals surface area contributed by atoms with Gasteiger partial charge in [-0.25, -0.2) is 0 Å². The van der Waals surface area contributed by atoms with Crippen molar-refractivity contribution >= 4 is 17.1 Å². The van der Waals surface area contributed by atoms with Crippen LogP contribution in [-0.4, -0.2) is 11.7 Å². The number of hydrogen-bond donors (Lipinski definition) is 1. The molecule has 0 bridgehead atoms. The fourth-order valence-electron chi connectivity index (χ4n) is 3.97. The van der Waals surface area contributed by atoms with Crippen molar-refractivity contribution in [3.8, 4) is 11.1 Å². The van der Waals surface area contributed by atoms with E-state index in [9.17, 15) is 0 Å². The predicted octanol–water partition coefficient (Wildman–Crippen LogP) is 7.59. The van der Waals surface area contributed by atoms with Crippen LogP contribution in [0.1, 0.15) is 27.8 Å². The van der Waals surface area contributed by atoms with E-state index in [1.807, 2.05) is 0 Å². The molecule has 0 amide bonds. The number of aliphatic hydroxyl groups excluding tert-OH is 1. The van der Waals surface area contributed by atoms with Crippen LogP contribution in [0.15, 0.2) is 84.9 Å². The average Bonchev–Trinajstić information content (AvgIpc) is 2.80. The second-order valence-corrected chi connectivity index (χ2v) is 8.59. The van der Waals surface area contributed by atoms with Crippen LogP contribution in [0.4, 0.5) is 17.1 Å². The lowest BCUT2D eigenvalue weighted by Crippen LogP contribution is -2.10. The molecular formula is C30H31NO. The molecule has 0 fully saturated rings. The molecule has 2 nitrogen and oxygen atoms in total. The van der Waals surface area contributed by atoms with E-state index in [4.69, 9.17) is 5.11 Å². The molecule has 0 aromatic heterocycles. The SMILES string of the molecule is Cc1ccc(N(c2ccc(-c3ccc(CCO)cc3)cc2)c2ccc(C)c(C)c2)cc1C. The fourth-order valence-corrected chi connectivity index (χ4v) is 3.97. The summed E-state index contributed by atoms with van der Waals surface area (Å²) in [5.41, 5.74) is 12.2. The molecule has 32 heavy (non-hydrogen) atoms. The van der Waals surface area contributed by atoms with E-state index >= 15 is 0 Å². The van der Waals surface area contributed by atoms with Gasteiger partial charge in [0.2, 0.25) is 0 Å². The maximum Gasteiger partial charge on any atom is 0.0471 e. The minimum atomic E-state index is 0.181. The molecular weight excluding hydrogens is 390 g/mol. The van der Waals surface area contributed by atoms with Crippen LogP contribution in [0.3, 0.4) is 0 Å². The van der Waals surface area contributed by atoms with E-state index in [1.54, 1.807) is 0 Å². The third-order valence-corrected chi connectivity index (χ3v) is 6.31. The number of rotatable bonds is 6. The maximum absolute atomic E-state index is 9.14. The van der Waals surface area contributed by atoms with Gasteiger partial charge < -0.3 is 10.0 Å². The lowest BCUT2D eigenvalue weighted by atomic mass is 10.0. The summed E-state index contributed by atoms with van der Waals surface area (Å²) >= 11 is 0. The smallest absolute Gasteiger partial charge is 0.0471 e. The van der Waals surface area contributed by atoms with Crippen LogP contribution in [0.2, 0.25) is 0 Å². The molecule has 0 unspecified atom stereocenters. The number of benzene rings is 4. The Bertz CT molecular complexity index is 1160. The molecule has 4 rings (SSSR count). The van der Waals surface area contributed by atoms with Gasteiger partial charge in [0.05, 0.1) is 0 Å². The number of aryl methyl sites for hydroxylation is 4. The Morgan fingerprint density at radius 2 is 0.969 bits per heavy atom. The first kappa shape index (κ1) is 21.9. The zero-order valence-electron chi connectivity index (χ0n) is 19.4. The average molecular weight is 422 g/mol. The topological polar surface area (TPSA) is 23.5 Å². The van der Waals surface area contributed by atoms with Crippen molar-refractivity contribution in [2.24, 2.45) is 0 Å². The van der Waals surface area contributed by atoms with Crippen LogP contribution in [0.25, 0.3) is 11.1 Å². The van der Waals surface area contributed by atoms with E-state index in [1.165, 1.54) is 33.4 Å². The summed E-state index contributed by atoms with van der Waals surface area (Å²) < 4.78 is 0. The minimum Gasteiger partial charge on any atom is -0.396 e. The third-order valence-electron chi connectivity index (χ3n) is 6.31. The molecule has 1 N–H and O–H groups in total. The Morgan fingerprint density at radius 1 is 0.531 bits per heavy atom. The number of aliphatic hydroxyl groups is 1. The maximum atomic E-state index is 9.14. The Balaban J connectivity index is 1.73. The Labute approximate surface area is 191 Å². The van der Waals surface area contributed by atoms with Gasteiger partial charge >= 0.3 is 0 Å². The molecule has 0 saturated carbocycles. The summed E-state index contributed by atoms with van der Waals surface area (Å²) in [4.78, 5) is 2.33. The Kier molecular flexibility index (Phi) is 6.43. The highest BCUT2D eigenvalue weighted by Gasteiger charge is 2.14. The second kappa shape index (κ2) is 9.42. The largest absolute Gasteiger partial charge is 0.396 e. The molecule has 162 valence electrons. The molecule has 0 aliphatic heterocycles. The molecule has 4 aromatic carbocycles. The fraction of sp³-hybridized carbons (Fsp3) is 0.200. The summed E-state index contributed by atoms with van der Waals surface area (Å²) in [6, 6.07) is 30.5. The van der Waals surface area contributed by atoms with Crippen LogP contribution >= 0.6 is 0 Å². The predicted molar refractivity (Wildman–Crippen MR) is 136 cm³/mol. The number of nitrogens with zero attached hydrogens (tertiary/aromatic N) is 1. The van der Waals surface area contributed by atoms with Gasteiger partial charge in [0, 0.05) is 23.7 Å². The Morgan fingerprint density at radius 3 is 1.41 bits per heavy atom.